The van der Waals surface area contributed by atoms with Gasteiger partial charge in [-0.25, -0.2) is 23.4 Å². The molecule has 0 aliphatic rings. The van der Waals surface area contributed by atoms with Gasteiger partial charge in [0.25, 0.3) is 0 Å². The Morgan fingerprint density at radius 1 is 1.24 bits per heavy atom. The fourth-order valence-electron chi connectivity index (χ4n) is 2.63. The number of H-pyrrole nitrogens is 1. The zero-order valence-corrected chi connectivity index (χ0v) is 17.1. The minimum atomic E-state index is -3.89. The quantitative estimate of drug-likeness (QED) is 0.480. The maximum absolute atomic E-state index is 12.3. The van der Waals surface area contributed by atoms with Gasteiger partial charge >= 0.3 is 5.69 Å². The zero-order chi connectivity index (χ0) is 21.0. The van der Waals surface area contributed by atoms with Crippen molar-refractivity contribution >= 4 is 33.4 Å². The molecule has 0 saturated heterocycles. The van der Waals surface area contributed by atoms with E-state index in [1.54, 1.807) is 19.1 Å². The Balaban J connectivity index is 1.67. The molecule has 2 aromatic carbocycles. The molecule has 0 saturated carbocycles. The third-order valence-electron chi connectivity index (χ3n) is 4.02. The van der Waals surface area contributed by atoms with E-state index in [1.807, 2.05) is 30.3 Å². The second-order valence-corrected chi connectivity index (χ2v) is 8.72. The Bertz CT molecular complexity index is 1190. The molecule has 9 nitrogen and oxygen atoms in total. The Labute approximate surface area is 171 Å². The van der Waals surface area contributed by atoms with E-state index in [2.05, 4.69) is 15.5 Å². The summed E-state index contributed by atoms with van der Waals surface area (Å²) < 4.78 is 24.7. The van der Waals surface area contributed by atoms with Gasteiger partial charge in [-0.15, -0.1) is 5.10 Å². The van der Waals surface area contributed by atoms with E-state index >= 15 is 0 Å². The molecule has 1 aromatic heterocycles. The van der Waals surface area contributed by atoms with Crippen LogP contribution in [0.15, 0.2) is 63.4 Å². The van der Waals surface area contributed by atoms with Crippen LogP contribution >= 0.6 is 11.8 Å². The van der Waals surface area contributed by atoms with Crippen LogP contribution in [0.25, 0.3) is 0 Å². The zero-order valence-electron chi connectivity index (χ0n) is 15.5. The number of primary sulfonamides is 1. The second-order valence-electron chi connectivity index (χ2n) is 6.25. The molecule has 0 aliphatic carbocycles. The SMILES string of the molecule is Cc1ccc(NC(=O)CSc2n[nH]c(=O)n2Cc2ccccc2)cc1S(N)(=O)=O. The molecule has 1 amide bonds. The van der Waals surface area contributed by atoms with E-state index in [-0.39, 0.29) is 22.2 Å². The topological polar surface area (TPSA) is 140 Å². The normalized spacial score (nSPS) is 11.4. The van der Waals surface area contributed by atoms with Gasteiger partial charge in [0.1, 0.15) is 0 Å². The van der Waals surface area contributed by atoms with E-state index < -0.39 is 10.0 Å². The monoisotopic (exact) mass is 433 g/mol. The molecular weight excluding hydrogens is 414 g/mol. The predicted octanol–water partition coefficient (Wildman–Crippen LogP) is 1.31. The third-order valence-corrected chi connectivity index (χ3v) is 6.05. The van der Waals surface area contributed by atoms with E-state index in [0.717, 1.165) is 17.3 Å². The molecule has 0 aliphatic heterocycles. The van der Waals surface area contributed by atoms with Gasteiger partial charge in [0.05, 0.1) is 17.2 Å². The number of aromatic nitrogens is 3. The molecule has 3 aromatic rings. The van der Waals surface area contributed by atoms with E-state index in [9.17, 15) is 18.0 Å². The Morgan fingerprint density at radius 3 is 2.66 bits per heavy atom. The molecule has 0 unspecified atom stereocenters. The number of anilines is 1. The summed E-state index contributed by atoms with van der Waals surface area (Å²) >= 11 is 1.09. The number of carbonyl (C=O) groups is 1. The van der Waals surface area contributed by atoms with Crippen molar-refractivity contribution in [1.82, 2.24) is 14.8 Å². The van der Waals surface area contributed by atoms with Crippen molar-refractivity contribution in [3.8, 4) is 0 Å². The van der Waals surface area contributed by atoms with Crippen molar-refractivity contribution in [2.24, 2.45) is 5.14 Å². The van der Waals surface area contributed by atoms with Crippen LogP contribution in [0, 0.1) is 6.92 Å². The molecule has 0 atom stereocenters. The molecule has 0 bridgehead atoms. The van der Waals surface area contributed by atoms with Crippen LogP contribution < -0.4 is 16.1 Å². The number of aryl methyl sites for hydroxylation is 1. The first-order valence-corrected chi connectivity index (χ1v) is 11.0. The average molecular weight is 434 g/mol. The number of rotatable bonds is 7. The van der Waals surface area contributed by atoms with Crippen molar-refractivity contribution in [3.63, 3.8) is 0 Å². The second kappa shape index (κ2) is 8.64. The minimum absolute atomic E-state index is 0.0162. The van der Waals surface area contributed by atoms with Crippen molar-refractivity contribution < 1.29 is 13.2 Å². The van der Waals surface area contributed by atoms with Crippen LogP contribution in [0.3, 0.4) is 0 Å². The van der Waals surface area contributed by atoms with Gasteiger partial charge in [-0.05, 0) is 30.2 Å². The molecule has 4 N–H and O–H groups in total. The summed E-state index contributed by atoms with van der Waals surface area (Å²) in [6, 6.07) is 13.9. The number of aromatic amines is 1. The maximum Gasteiger partial charge on any atom is 0.344 e. The molecule has 3 rings (SSSR count). The molecule has 29 heavy (non-hydrogen) atoms. The number of benzene rings is 2. The van der Waals surface area contributed by atoms with Crippen molar-refractivity contribution in [3.05, 3.63) is 70.1 Å². The molecular formula is C18H19N5O4S2. The van der Waals surface area contributed by atoms with Crippen LogP contribution in [-0.4, -0.2) is 34.8 Å². The highest BCUT2D eigenvalue weighted by Gasteiger charge is 2.15. The molecule has 0 radical (unpaired) electrons. The van der Waals surface area contributed by atoms with E-state index in [0.29, 0.717) is 23.0 Å². The lowest BCUT2D eigenvalue weighted by Gasteiger charge is -2.09. The smallest absolute Gasteiger partial charge is 0.325 e. The van der Waals surface area contributed by atoms with Crippen molar-refractivity contribution in [1.29, 1.82) is 0 Å². The van der Waals surface area contributed by atoms with Crippen LogP contribution in [0.1, 0.15) is 11.1 Å². The summed E-state index contributed by atoms with van der Waals surface area (Å²) in [5.41, 5.74) is 1.36. The summed E-state index contributed by atoms with van der Waals surface area (Å²) in [4.78, 5) is 24.2. The minimum Gasteiger partial charge on any atom is -0.325 e. The number of thioether (sulfide) groups is 1. The number of sulfonamides is 1. The number of hydrogen-bond donors (Lipinski definition) is 3. The first kappa shape index (κ1) is 20.8. The van der Waals surface area contributed by atoms with Crippen molar-refractivity contribution in [2.45, 2.75) is 23.5 Å². The Hall–Kier alpha value is -2.89. The number of amides is 1. The van der Waals surface area contributed by atoms with Gasteiger partial charge in [-0.1, -0.05) is 48.2 Å². The van der Waals surface area contributed by atoms with Crippen LogP contribution in [0.5, 0.6) is 0 Å². The Morgan fingerprint density at radius 2 is 1.97 bits per heavy atom. The number of nitrogens with two attached hydrogens (primary N) is 1. The highest BCUT2D eigenvalue weighted by Crippen LogP contribution is 2.20. The molecule has 0 fully saturated rings. The molecule has 0 spiro atoms. The fourth-order valence-corrected chi connectivity index (χ4v) is 4.18. The summed E-state index contributed by atoms with van der Waals surface area (Å²) in [7, 11) is -3.89. The van der Waals surface area contributed by atoms with Crippen LogP contribution in [0.4, 0.5) is 5.69 Å². The molecule has 11 heteroatoms. The predicted molar refractivity (Wildman–Crippen MR) is 110 cm³/mol. The number of carbonyl (C=O) groups excluding carboxylic acids is 1. The third kappa shape index (κ3) is 5.34. The standard InChI is InChI=1S/C18H19N5O4S2/c1-12-7-8-14(9-15(12)29(19,26)27)20-16(24)11-28-18-22-21-17(25)23(18)10-13-5-3-2-4-6-13/h2-9H,10-11H2,1H3,(H,20,24)(H,21,25)(H2,19,26,27). The van der Waals surface area contributed by atoms with Gasteiger partial charge < -0.3 is 5.32 Å². The lowest BCUT2D eigenvalue weighted by Crippen LogP contribution is -2.19. The van der Waals surface area contributed by atoms with Crippen LogP contribution in [-0.2, 0) is 21.4 Å². The van der Waals surface area contributed by atoms with E-state index in [1.165, 1.54) is 10.6 Å². The summed E-state index contributed by atoms with van der Waals surface area (Å²) in [6.45, 7) is 1.95. The van der Waals surface area contributed by atoms with Gasteiger partial charge in [0.2, 0.25) is 15.9 Å². The van der Waals surface area contributed by atoms with E-state index in [4.69, 9.17) is 5.14 Å². The Kier molecular flexibility index (Phi) is 6.20. The highest BCUT2D eigenvalue weighted by atomic mass is 32.2. The molecule has 152 valence electrons. The van der Waals surface area contributed by atoms with Gasteiger partial charge in [0, 0.05) is 5.69 Å². The summed E-state index contributed by atoms with van der Waals surface area (Å²) in [5.74, 6) is -0.390. The largest absolute Gasteiger partial charge is 0.344 e. The summed E-state index contributed by atoms with van der Waals surface area (Å²) in [5, 5.41) is 14.5. The van der Waals surface area contributed by atoms with Crippen molar-refractivity contribution in [2.75, 3.05) is 11.1 Å². The van der Waals surface area contributed by atoms with Gasteiger partial charge in [-0.3, -0.25) is 9.36 Å². The highest BCUT2D eigenvalue weighted by molar-refractivity contribution is 7.99. The average Bonchev–Trinajstić information content (AvgIpc) is 3.01. The number of nitrogens with zero attached hydrogens (tertiary/aromatic N) is 2. The van der Waals surface area contributed by atoms with Crippen LogP contribution in [0.2, 0.25) is 0 Å². The first-order valence-electron chi connectivity index (χ1n) is 8.49. The maximum atomic E-state index is 12.3. The lowest BCUT2D eigenvalue weighted by atomic mass is 10.2. The molecule has 1 heterocycles. The lowest BCUT2D eigenvalue weighted by molar-refractivity contribution is -0.113. The van der Waals surface area contributed by atoms with Gasteiger partial charge in [-0.2, -0.15) is 0 Å². The summed E-state index contributed by atoms with van der Waals surface area (Å²) in [6.07, 6.45) is 0. The number of hydrogen-bond acceptors (Lipinski definition) is 6. The fraction of sp³-hybridized carbons (Fsp3) is 0.167. The van der Waals surface area contributed by atoms with Gasteiger partial charge in [0.15, 0.2) is 5.16 Å². The number of nitrogens with one attached hydrogen (secondary N) is 2. The first-order chi connectivity index (χ1) is 13.7.